The minimum atomic E-state index is 0.223. The normalized spacial score (nSPS) is 33.2. The molecule has 6 heteroatoms. The van der Waals surface area contributed by atoms with Gasteiger partial charge in [0.15, 0.2) is 11.1 Å². The molecule has 4 rings (SSSR count). The number of halogens is 1. The maximum atomic E-state index is 6.41. The topological polar surface area (TPSA) is 59.4 Å². The molecule has 1 unspecified atom stereocenters. The SMILES string of the molecule is CC1=C[C@]2(C)C1N(C(N)=Nc1cnn(C3CC3)c1Cl)[C@H]2C(C)C. The maximum Gasteiger partial charge on any atom is 0.197 e. The van der Waals surface area contributed by atoms with Gasteiger partial charge in [-0.2, -0.15) is 5.10 Å². The van der Waals surface area contributed by atoms with Gasteiger partial charge in [-0.05, 0) is 25.7 Å². The summed E-state index contributed by atoms with van der Waals surface area (Å²) in [5, 5.41) is 4.95. The minimum absolute atomic E-state index is 0.223. The van der Waals surface area contributed by atoms with Gasteiger partial charge in [-0.25, -0.2) is 9.67 Å². The molecule has 1 aromatic heterocycles. The fourth-order valence-corrected chi connectivity index (χ4v) is 4.94. The number of nitrogens with two attached hydrogens (primary N) is 1. The molecule has 2 fully saturated rings. The van der Waals surface area contributed by atoms with E-state index in [1.807, 2.05) is 4.68 Å². The molecule has 3 aliphatic rings. The lowest BCUT2D eigenvalue weighted by Crippen LogP contribution is -2.78. The average Bonchev–Trinajstić information content (AvgIpc) is 3.22. The highest BCUT2D eigenvalue weighted by molar-refractivity contribution is 6.32. The lowest BCUT2D eigenvalue weighted by Gasteiger charge is -2.68. The molecular formula is C17H24ClN5. The average molecular weight is 334 g/mol. The molecule has 1 saturated heterocycles. The Morgan fingerprint density at radius 3 is 2.74 bits per heavy atom. The van der Waals surface area contributed by atoms with Crippen molar-refractivity contribution in [2.24, 2.45) is 22.1 Å². The maximum absolute atomic E-state index is 6.41. The van der Waals surface area contributed by atoms with E-state index in [2.05, 4.69) is 48.8 Å². The molecule has 1 aliphatic heterocycles. The molecule has 1 aromatic rings. The van der Waals surface area contributed by atoms with Gasteiger partial charge in [-0.3, -0.25) is 0 Å². The second kappa shape index (κ2) is 4.76. The molecule has 3 atom stereocenters. The fourth-order valence-electron chi connectivity index (χ4n) is 4.67. The Hall–Kier alpha value is -1.49. The van der Waals surface area contributed by atoms with Gasteiger partial charge in [0.2, 0.25) is 0 Å². The van der Waals surface area contributed by atoms with Crippen LogP contribution in [-0.4, -0.2) is 32.7 Å². The summed E-state index contributed by atoms with van der Waals surface area (Å²) in [6.07, 6.45) is 6.39. The first kappa shape index (κ1) is 15.1. The van der Waals surface area contributed by atoms with Gasteiger partial charge in [0.25, 0.3) is 0 Å². The Balaban J connectivity index is 1.63. The zero-order chi connectivity index (χ0) is 16.5. The van der Waals surface area contributed by atoms with Crippen molar-refractivity contribution in [3.8, 4) is 0 Å². The summed E-state index contributed by atoms with van der Waals surface area (Å²) in [4.78, 5) is 6.86. The van der Waals surface area contributed by atoms with Gasteiger partial charge in [0.05, 0.1) is 18.3 Å². The van der Waals surface area contributed by atoms with Crippen LogP contribution in [0.1, 0.15) is 46.6 Å². The van der Waals surface area contributed by atoms with Crippen molar-refractivity contribution in [2.45, 2.75) is 58.7 Å². The number of hydrogen-bond donors (Lipinski definition) is 1. The van der Waals surface area contributed by atoms with Gasteiger partial charge >= 0.3 is 0 Å². The summed E-state index contributed by atoms with van der Waals surface area (Å²) >= 11 is 6.41. The number of likely N-dealkylation sites (tertiary alicyclic amines) is 1. The van der Waals surface area contributed by atoms with Crippen LogP contribution >= 0.6 is 11.6 Å². The highest BCUT2D eigenvalue weighted by atomic mass is 35.5. The Morgan fingerprint density at radius 2 is 2.17 bits per heavy atom. The van der Waals surface area contributed by atoms with Crippen molar-refractivity contribution in [3.63, 3.8) is 0 Å². The van der Waals surface area contributed by atoms with Crippen LogP contribution in [0.15, 0.2) is 22.8 Å². The summed E-state index contributed by atoms with van der Waals surface area (Å²) in [6, 6.07) is 1.20. The molecule has 5 nitrogen and oxygen atoms in total. The van der Waals surface area contributed by atoms with Gasteiger partial charge in [-0.1, -0.05) is 44.0 Å². The Morgan fingerprint density at radius 1 is 1.48 bits per heavy atom. The minimum Gasteiger partial charge on any atom is -0.369 e. The second-order valence-corrected chi connectivity index (χ2v) is 8.08. The van der Waals surface area contributed by atoms with Crippen LogP contribution in [0.25, 0.3) is 0 Å². The molecule has 0 aromatic carbocycles. The summed E-state index contributed by atoms with van der Waals surface area (Å²) in [6.45, 7) is 8.97. The predicted molar refractivity (Wildman–Crippen MR) is 92.9 cm³/mol. The van der Waals surface area contributed by atoms with E-state index in [0.717, 1.165) is 12.8 Å². The van der Waals surface area contributed by atoms with Crippen LogP contribution in [-0.2, 0) is 0 Å². The fraction of sp³-hybridized carbons (Fsp3) is 0.647. The quantitative estimate of drug-likeness (QED) is 0.523. The highest BCUT2D eigenvalue weighted by Gasteiger charge is 2.63. The Kier molecular flexibility index (Phi) is 3.12. The molecule has 1 saturated carbocycles. The van der Waals surface area contributed by atoms with Gasteiger partial charge in [-0.15, -0.1) is 0 Å². The summed E-state index contributed by atoms with van der Waals surface area (Å²) in [7, 11) is 0. The van der Waals surface area contributed by atoms with E-state index in [4.69, 9.17) is 17.3 Å². The standard InChI is InChI=1S/C17H24ClN5/c1-9(2)13-17(4)7-10(3)14(17)22(13)16(19)21-12-8-20-23(15(12)18)11-5-6-11/h7-9,11,13-14H,5-6H2,1-4H3,(H2,19,21)/t13-,14?,17-/m0/s1. The summed E-state index contributed by atoms with van der Waals surface area (Å²) in [5.74, 6) is 1.06. The molecular weight excluding hydrogens is 310 g/mol. The first-order valence-corrected chi connectivity index (χ1v) is 8.77. The molecule has 23 heavy (non-hydrogen) atoms. The van der Waals surface area contributed by atoms with Crippen LogP contribution < -0.4 is 5.73 Å². The first-order chi connectivity index (χ1) is 10.8. The van der Waals surface area contributed by atoms with Crippen molar-refractivity contribution in [3.05, 3.63) is 23.0 Å². The van der Waals surface area contributed by atoms with Crippen molar-refractivity contribution in [1.82, 2.24) is 14.7 Å². The molecule has 0 bridgehead atoms. The third-order valence-corrected chi connectivity index (χ3v) is 5.88. The number of rotatable bonds is 3. The van der Waals surface area contributed by atoms with Crippen LogP contribution in [0.3, 0.4) is 0 Å². The van der Waals surface area contributed by atoms with Crippen molar-refractivity contribution >= 4 is 23.2 Å². The van der Waals surface area contributed by atoms with E-state index in [1.165, 1.54) is 5.57 Å². The van der Waals surface area contributed by atoms with Gasteiger partial charge < -0.3 is 10.6 Å². The van der Waals surface area contributed by atoms with E-state index in [0.29, 0.717) is 40.8 Å². The first-order valence-electron chi connectivity index (χ1n) is 8.39. The van der Waals surface area contributed by atoms with Crippen molar-refractivity contribution in [1.29, 1.82) is 0 Å². The van der Waals surface area contributed by atoms with E-state index in [1.54, 1.807) is 6.20 Å². The Bertz CT molecular complexity index is 715. The monoisotopic (exact) mass is 333 g/mol. The second-order valence-electron chi connectivity index (χ2n) is 7.72. The molecule has 0 spiro atoms. The number of guanidine groups is 1. The highest BCUT2D eigenvalue weighted by Crippen LogP contribution is 2.58. The number of hydrogen-bond acceptors (Lipinski definition) is 2. The zero-order valence-corrected chi connectivity index (χ0v) is 14.9. The summed E-state index contributed by atoms with van der Waals surface area (Å²) in [5.41, 5.74) is 8.64. The number of aliphatic imine (C=N–C) groups is 1. The number of fused-ring (bicyclic) bond motifs is 1. The molecule has 2 N–H and O–H groups in total. The molecule has 0 radical (unpaired) electrons. The van der Waals surface area contributed by atoms with Crippen molar-refractivity contribution in [2.75, 3.05) is 0 Å². The van der Waals surface area contributed by atoms with Crippen LogP contribution in [0.5, 0.6) is 0 Å². The van der Waals surface area contributed by atoms with E-state index < -0.39 is 0 Å². The van der Waals surface area contributed by atoms with E-state index in [-0.39, 0.29) is 5.41 Å². The van der Waals surface area contributed by atoms with Crippen LogP contribution in [0, 0.1) is 11.3 Å². The third-order valence-electron chi connectivity index (χ3n) is 5.51. The number of aromatic nitrogens is 2. The molecule has 0 amide bonds. The Labute approximate surface area is 142 Å². The van der Waals surface area contributed by atoms with Gasteiger partial charge in [0, 0.05) is 11.5 Å². The molecule has 2 heterocycles. The molecule has 124 valence electrons. The van der Waals surface area contributed by atoms with E-state index in [9.17, 15) is 0 Å². The number of nitrogens with zero attached hydrogens (tertiary/aromatic N) is 4. The lowest BCUT2D eigenvalue weighted by molar-refractivity contribution is -0.0731. The summed E-state index contributed by atoms with van der Waals surface area (Å²) < 4.78 is 1.86. The van der Waals surface area contributed by atoms with Crippen molar-refractivity contribution < 1.29 is 0 Å². The third kappa shape index (κ3) is 1.98. The largest absolute Gasteiger partial charge is 0.369 e. The predicted octanol–water partition coefficient (Wildman–Crippen LogP) is 3.49. The van der Waals surface area contributed by atoms with Crippen LogP contribution in [0.2, 0.25) is 5.15 Å². The molecule has 2 aliphatic carbocycles. The van der Waals surface area contributed by atoms with E-state index >= 15 is 0 Å². The lowest BCUT2D eigenvalue weighted by atomic mass is 9.53. The zero-order valence-electron chi connectivity index (χ0n) is 14.1. The smallest absolute Gasteiger partial charge is 0.197 e. The van der Waals surface area contributed by atoms with Gasteiger partial charge in [0.1, 0.15) is 5.69 Å². The van der Waals surface area contributed by atoms with Crippen LogP contribution in [0.4, 0.5) is 5.69 Å².